The Kier molecular flexibility index (Phi) is 6.64. The van der Waals surface area contributed by atoms with Crippen LogP contribution in [0, 0.1) is 5.92 Å². The molecule has 0 aromatic carbocycles. The van der Waals surface area contributed by atoms with Gasteiger partial charge in [-0.25, -0.2) is 9.97 Å². The lowest BCUT2D eigenvalue weighted by atomic mass is 9.89. The molecule has 0 aliphatic heterocycles. The number of carbonyl (C=O) groups is 1. The molecule has 1 aliphatic carbocycles. The second-order valence-corrected chi connectivity index (χ2v) is 10.7. The standard InChI is InChI=1S/C22H26N4O2S3/c1-5-9-26-20(28)18-16-8-7-13(3)10-17(16)31-19(18)24-22(26)30-12-15-11-29-21(23-15)25(6-2)14(4)27/h5,11,13H,1,6-10,12H2,2-4H3. The van der Waals surface area contributed by atoms with Gasteiger partial charge in [0.1, 0.15) is 4.83 Å². The van der Waals surface area contributed by atoms with E-state index in [-0.39, 0.29) is 11.5 Å². The number of anilines is 1. The van der Waals surface area contributed by atoms with Crippen LogP contribution in [0.2, 0.25) is 0 Å². The number of hydrogen-bond acceptors (Lipinski definition) is 7. The lowest BCUT2D eigenvalue weighted by Crippen LogP contribution is -2.27. The molecule has 6 nitrogen and oxygen atoms in total. The largest absolute Gasteiger partial charge is 0.289 e. The first kappa shape index (κ1) is 22.2. The number of aromatic nitrogens is 3. The fraction of sp³-hybridized carbons (Fsp3) is 0.455. The third kappa shape index (κ3) is 4.36. The maximum Gasteiger partial charge on any atom is 0.263 e. The SMILES string of the molecule is C=CCn1c(SCc2csc(N(CC)C(C)=O)n2)nc2sc3c(c2c1=O)CCC(C)C3. The molecule has 0 bridgehead atoms. The topological polar surface area (TPSA) is 68.1 Å². The van der Waals surface area contributed by atoms with Crippen molar-refractivity contribution in [3.05, 3.63) is 44.5 Å². The van der Waals surface area contributed by atoms with Gasteiger partial charge in [0.05, 0.1) is 11.1 Å². The van der Waals surface area contributed by atoms with Crippen LogP contribution < -0.4 is 10.5 Å². The number of nitrogens with zero attached hydrogens (tertiary/aromatic N) is 4. The molecule has 0 radical (unpaired) electrons. The molecule has 9 heteroatoms. The molecule has 1 atom stereocenters. The lowest BCUT2D eigenvalue weighted by molar-refractivity contribution is -0.116. The fourth-order valence-corrected chi connectivity index (χ4v) is 7.29. The molecule has 31 heavy (non-hydrogen) atoms. The Labute approximate surface area is 194 Å². The average Bonchev–Trinajstić information content (AvgIpc) is 3.33. The molecule has 1 aliphatic rings. The predicted molar refractivity (Wildman–Crippen MR) is 131 cm³/mol. The van der Waals surface area contributed by atoms with E-state index >= 15 is 0 Å². The van der Waals surface area contributed by atoms with Crippen LogP contribution in [0.3, 0.4) is 0 Å². The van der Waals surface area contributed by atoms with Gasteiger partial charge in [0, 0.05) is 36.0 Å². The first-order valence-electron chi connectivity index (χ1n) is 10.4. The van der Waals surface area contributed by atoms with Crippen LogP contribution in [0.25, 0.3) is 10.2 Å². The van der Waals surface area contributed by atoms with E-state index in [2.05, 4.69) is 18.5 Å². The number of rotatable bonds is 7. The fourth-order valence-electron chi connectivity index (χ4n) is 3.92. The summed E-state index contributed by atoms with van der Waals surface area (Å²) in [5.74, 6) is 1.23. The summed E-state index contributed by atoms with van der Waals surface area (Å²) in [4.78, 5) is 38.5. The monoisotopic (exact) mass is 474 g/mol. The van der Waals surface area contributed by atoms with Crippen LogP contribution in [0.4, 0.5) is 5.13 Å². The summed E-state index contributed by atoms with van der Waals surface area (Å²) >= 11 is 4.64. The summed E-state index contributed by atoms with van der Waals surface area (Å²) in [5.41, 5.74) is 2.12. The molecule has 1 unspecified atom stereocenters. The Hall–Kier alpha value is -1.97. The Balaban J connectivity index is 1.65. The summed E-state index contributed by atoms with van der Waals surface area (Å²) in [7, 11) is 0. The molecule has 3 aromatic heterocycles. The second kappa shape index (κ2) is 9.26. The van der Waals surface area contributed by atoms with Crippen LogP contribution in [-0.4, -0.2) is 27.0 Å². The molecule has 1 amide bonds. The van der Waals surface area contributed by atoms with Crippen molar-refractivity contribution in [2.45, 2.75) is 57.5 Å². The second-order valence-electron chi connectivity index (χ2n) is 7.80. The van der Waals surface area contributed by atoms with Gasteiger partial charge < -0.3 is 0 Å². The minimum absolute atomic E-state index is 0.0148. The van der Waals surface area contributed by atoms with Gasteiger partial charge in [-0.2, -0.15) is 0 Å². The van der Waals surface area contributed by atoms with Crippen molar-refractivity contribution in [2.75, 3.05) is 11.4 Å². The van der Waals surface area contributed by atoms with Crippen molar-refractivity contribution < 1.29 is 4.79 Å². The van der Waals surface area contributed by atoms with Crippen LogP contribution in [0.1, 0.15) is 43.3 Å². The Morgan fingerprint density at radius 3 is 2.97 bits per heavy atom. The molecule has 3 heterocycles. The minimum atomic E-state index is -0.0148. The highest BCUT2D eigenvalue weighted by atomic mass is 32.2. The first-order valence-corrected chi connectivity index (χ1v) is 13.1. The summed E-state index contributed by atoms with van der Waals surface area (Å²) in [6, 6.07) is 0. The molecule has 164 valence electrons. The van der Waals surface area contributed by atoms with Crippen LogP contribution in [0.15, 0.2) is 28.0 Å². The summed E-state index contributed by atoms with van der Waals surface area (Å²) in [5, 5.41) is 4.16. The molecule has 0 saturated carbocycles. The summed E-state index contributed by atoms with van der Waals surface area (Å²) < 4.78 is 1.73. The zero-order valence-corrected chi connectivity index (χ0v) is 20.5. The molecule has 0 saturated heterocycles. The number of aryl methyl sites for hydroxylation is 1. The van der Waals surface area contributed by atoms with E-state index in [1.807, 2.05) is 12.3 Å². The number of carbonyl (C=O) groups excluding carboxylic acids is 1. The van der Waals surface area contributed by atoms with E-state index < -0.39 is 0 Å². The van der Waals surface area contributed by atoms with Crippen molar-refractivity contribution in [2.24, 2.45) is 5.92 Å². The Morgan fingerprint density at radius 2 is 2.26 bits per heavy atom. The number of thiophene rings is 1. The third-order valence-corrected chi connectivity index (χ3v) is 8.58. The van der Waals surface area contributed by atoms with Gasteiger partial charge in [-0.05, 0) is 37.7 Å². The van der Waals surface area contributed by atoms with E-state index in [0.29, 0.717) is 35.0 Å². The number of thiazole rings is 1. The van der Waals surface area contributed by atoms with Crippen LogP contribution >= 0.6 is 34.4 Å². The van der Waals surface area contributed by atoms with Crippen molar-refractivity contribution in [3.63, 3.8) is 0 Å². The average molecular weight is 475 g/mol. The molecular weight excluding hydrogens is 448 g/mol. The lowest BCUT2D eigenvalue weighted by Gasteiger charge is -2.17. The van der Waals surface area contributed by atoms with Crippen molar-refractivity contribution in [1.82, 2.24) is 14.5 Å². The first-order chi connectivity index (χ1) is 14.9. The minimum Gasteiger partial charge on any atom is -0.289 e. The highest BCUT2D eigenvalue weighted by Crippen LogP contribution is 2.37. The smallest absolute Gasteiger partial charge is 0.263 e. The molecule has 0 spiro atoms. The number of fused-ring (bicyclic) bond motifs is 3. The zero-order valence-electron chi connectivity index (χ0n) is 18.0. The van der Waals surface area contributed by atoms with Crippen molar-refractivity contribution in [1.29, 1.82) is 0 Å². The molecule has 4 rings (SSSR count). The van der Waals surface area contributed by atoms with Crippen LogP contribution in [-0.2, 0) is 29.9 Å². The number of thioether (sulfide) groups is 1. The van der Waals surface area contributed by atoms with E-state index in [0.717, 1.165) is 35.2 Å². The normalized spacial score (nSPS) is 15.8. The Morgan fingerprint density at radius 1 is 1.45 bits per heavy atom. The molecule has 0 fully saturated rings. The van der Waals surface area contributed by atoms with Gasteiger partial charge in [0.25, 0.3) is 5.56 Å². The van der Waals surface area contributed by atoms with E-state index in [9.17, 15) is 9.59 Å². The van der Waals surface area contributed by atoms with E-state index in [4.69, 9.17) is 4.98 Å². The van der Waals surface area contributed by atoms with Gasteiger partial charge in [0.2, 0.25) is 5.91 Å². The molecule has 3 aromatic rings. The third-order valence-electron chi connectivity index (χ3n) is 5.51. The quantitative estimate of drug-likeness (QED) is 0.277. The number of allylic oxidation sites excluding steroid dienone is 1. The maximum atomic E-state index is 13.4. The number of amides is 1. The van der Waals surface area contributed by atoms with Gasteiger partial charge >= 0.3 is 0 Å². The predicted octanol–water partition coefficient (Wildman–Crippen LogP) is 4.89. The maximum absolute atomic E-state index is 13.4. The van der Waals surface area contributed by atoms with Gasteiger partial charge in [-0.3, -0.25) is 19.1 Å². The Bertz CT molecular complexity index is 1190. The molecular formula is C22H26N4O2S3. The summed E-state index contributed by atoms with van der Waals surface area (Å²) in [6.07, 6.45) is 4.86. The van der Waals surface area contributed by atoms with Crippen LogP contribution in [0.5, 0.6) is 0 Å². The van der Waals surface area contributed by atoms with Gasteiger partial charge in [-0.1, -0.05) is 24.8 Å². The van der Waals surface area contributed by atoms with E-state index in [1.165, 1.54) is 33.5 Å². The highest BCUT2D eigenvalue weighted by molar-refractivity contribution is 7.98. The summed E-state index contributed by atoms with van der Waals surface area (Å²) in [6.45, 7) is 10.6. The van der Waals surface area contributed by atoms with Crippen molar-refractivity contribution >= 4 is 55.7 Å². The van der Waals surface area contributed by atoms with Crippen molar-refractivity contribution in [3.8, 4) is 0 Å². The number of hydrogen-bond donors (Lipinski definition) is 0. The van der Waals surface area contributed by atoms with Gasteiger partial charge in [-0.15, -0.1) is 29.3 Å². The van der Waals surface area contributed by atoms with E-state index in [1.54, 1.807) is 33.8 Å². The zero-order chi connectivity index (χ0) is 22.1. The van der Waals surface area contributed by atoms with Gasteiger partial charge in [0.15, 0.2) is 10.3 Å². The highest BCUT2D eigenvalue weighted by Gasteiger charge is 2.24. The molecule has 0 N–H and O–H groups in total.